The molecule has 0 radical (unpaired) electrons. The smallest absolute Gasteiger partial charge is 0.265 e. The minimum Gasteiger partial charge on any atom is -0.543 e. The van der Waals surface area contributed by atoms with Gasteiger partial charge in [0.05, 0.1) is 23.5 Å². The highest BCUT2D eigenvalue weighted by atomic mass is 32.2. The molecule has 0 aliphatic carbocycles. The number of hydrogen-bond donors (Lipinski definition) is 1. The van der Waals surface area contributed by atoms with Crippen molar-refractivity contribution >= 4 is 29.3 Å². The van der Waals surface area contributed by atoms with Crippen LogP contribution in [0.5, 0.6) is 5.75 Å². The lowest BCUT2D eigenvalue weighted by Gasteiger charge is -2.36. The van der Waals surface area contributed by atoms with Crippen LogP contribution in [0, 0.1) is 5.92 Å². The van der Waals surface area contributed by atoms with Crippen LogP contribution in [0.4, 0.5) is 0 Å². The molecule has 0 bridgehead atoms. The molecule has 1 aromatic carbocycles. The second kappa shape index (κ2) is 13.1. The first-order chi connectivity index (χ1) is 19.6. The lowest BCUT2D eigenvalue weighted by Crippen LogP contribution is -2.43. The molecule has 3 aromatic rings. The Bertz CT molecular complexity index is 1440. The zero-order valence-corrected chi connectivity index (χ0v) is 27.9. The number of benzene rings is 1. The van der Waals surface area contributed by atoms with E-state index in [-0.39, 0.29) is 29.0 Å². The molecule has 1 aliphatic heterocycles. The van der Waals surface area contributed by atoms with Crippen molar-refractivity contribution in [2.45, 2.75) is 97.1 Å². The molecule has 11 nitrogen and oxygen atoms in total. The van der Waals surface area contributed by atoms with Gasteiger partial charge in [-0.2, -0.15) is 28.5 Å². The van der Waals surface area contributed by atoms with E-state index in [9.17, 15) is 8.42 Å². The van der Waals surface area contributed by atoms with Gasteiger partial charge < -0.3 is 13.9 Å². The third-order valence-electron chi connectivity index (χ3n) is 8.36. The first-order valence-electron chi connectivity index (χ1n) is 14.9. The topological polar surface area (TPSA) is 131 Å². The van der Waals surface area contributed by atoms with Gasteiger partial charge >= 0.3 is 0 Å². The van der Waals surface area contributed by atoms with Crippen LogP contribution in [0.15, 0.2) is 24.4 Å². The molecule has 3 atom stereocenters. The number of fused-ring (bicyclic) bond motifs is 1. The van der Waals surface area contributed by atoms with E-state index < -0.39 is 18.4 Å². The molecule has 0 saturated carbocycles. The second-order valence-electron chi connectivity index (χ2n) is 13.1. The van der Waals surface area contributed by atoms with E-state index >= 15 is 0 Å². The highest BCUT2D eigenvalue weighted by Gasteiger charge is 2.39. The van der Waals surface area contributed by atoms with Crippen molar-refractivity contribution in [3.8, 4) is 17.1 Å². The van der Waals surface area contributed by atoms with Crippen LogP contribution in [0.3, 0.4) is 0 Å². The predicted octanol–water partition coefficient (Wildman–Crippen LogP) is 6.26. The fourth-order valence-corrected chi connectivity index (χ4v) is 6.66. The van der Waals surface area contributed by atoms with E-state index in [0.717, 1.165) is 48.2 Å². The van der Waals surface area contributed by atoms with Crippen molar-refractivity contribution < 1.29 is 26.9 Å². The Kier molecular flexibility index (Phi) is 10.2. The van der Waals surface area contributed by atoms with Gasteiger partial charge in [0, 0.05) is 25.2 Å². The molecule has 234 valence electrons. The van der Waals surface area contributed by atoms with Crippen molar-refractivity contribution in [2.24, 2.45) is 5.92 Å². The molecule has 0 amide bonds. The second-order valence-corrected chi connectivity index (χ2v) is 19.3. The van der Waals surface area contributed by atoms with Gasteiger partial charge in [-0.25, -0.2) is 4.68 Å². The van der Waals surface area contributed by atoms with Crippen LogP contribution in [0.1, 0.15) is 79.0 Å². The van der Waals surface area contributed by atoms with Crippen molar-refractivity contribution in [2.75, 3.05) is 25.6 Å². The number of nitrogens with zero attached hydrogens (tertiary/aromatic N) is 5. The lowest BCUT2D eigenvalue weighted by atomic mass is 10.1. The number of hydrogen-bond acceptors (Lipinski definition) is 8. The van der Waals surface area contributed by atoms with Gasteiger partial charge in [-0.1, -0.05) is 27.7 Å². The Morgan fingerprint density at radius 3 is 2.55 bits per heavy atom. The standard InChI is InChI=1S/C29H47N5O6SSi/c1-21(20-41(35,36)37)13-16-38-17-14-22(2)34-30-19-25(31-34)28-24-18-23(40-42(6,7)29(3,4)5)11-12-26(24)33(32-28)27-10-8-9-15-39-27/h11-12,18-19,21-22,27H,8-10,13-17,20H2,1-7H3,(H,35,36,37). The lowest BCUT2D eigenvalue weighted by molar-refractivity contribution is -0.0365. The van der Waals surface area contributed by atoms with Gasteiger partial charge in [0.1, 0.15) is 17.1 Å². The van der Waals surface area contributed by atoms with E-state index in [2.05, 4.69) is 51.1 Å². The first-order valence-corrected chi connectivity index (χ1v) is 19.4. The van der Waals surface area contributed by atoms with Crippen LogP contribution < -0.4 is 4.43 Å². The normalized spacial score (nSPS) is 18.3. The summed E-state index contributed by atoms with van der Waals surface area (Å²) in [6, 6.07) is 6.18. The van der Waals surface area contributed by atoms with Gasteiger partial charge in [0.15, 0.2) is 6.23 Å². The van der Waals surface area contributed by atoms with Gasteiger partial charge in [0.2, 0.25) is 8.32 Å². The summed E-state index contributed by atoms with van der Waals surface area (Å²) in [4.78, 5) is 1.69. The maximum absolute atomic E-state index is 11.0. The minimum atomic E-state index is -3.97. The van der Waals surface area contributed by atoms with Crippen LogP contribution in [-0.2, 0) is 19.6 Å². The summed E-state index contributed by atoms with van der Waals surface area (Å²) in [6.45, 7) is 16.6. The Hall–Kier alpha value is -2.32. The zero-order chi connectivity index (χ0) is 30.7. The predicted molar refractivity (Wildman–Crippen MR) is 166 cm³/mol. The fourth-order valence-electron chi connectivity index (χ4n) is 4.75. The summed E-state index contributed by atoms with van der Waals surface area (Å²) in [5, 5.41) is 15.4. The molecule has 0 spiro atoms. The quantitative estimate of drug-likeness (QED) is 0.133. The monoisotopic (exact) mass is 621 g/mol. The summed E-state index contributed by atoms with van der Waals surface area (Å²) in [5.41, 5.74) is 2.42. The Labute approximate surface area is 250 Å². The molecule has 4 rings (SSSR count). The molecule has 13 heteroatoms. The maximum atomic E-state index is 11.0. The zero-order valence-electron chi connectivity index (χ0n) is 26.0. The highest BCUT2D eigenvalue weighted by Crippen LogP contribution is 2.39. The Morgan fingerprint density at radius 2 is 1.88 bits per heavy atom. The minimum absolute atomic E-state index is 0.0125. The molecule has 1 saturated heterocycles. The van der Waals surface area contributed by atoms with Gasteiger partial charge in [-0.3, -0.25) is 4.55 Å². The van der Waals surface area contributed by atoms with E-state index in [0.29, 0.717) is 31.7 Å². The van der Waals surface area contributed by atoms with Crippen molar-refractivity contribution in [3.05, 3.63) is 24.4 Å². The van der Waals surface area contributed by atoms with Gasteiger partial charge in [-0.05, 0) is 81.3 Å². The SMILES string of the molecule is CC(CCOCCC(C)n1ncc(-c2nn(C3CCCCO3)c3ccc(O[Si](C)(C)C(C)(C)C)cc23)n1)CS(=O)(=O)O. The average molecular weight is 622 g/mol. The first kappa shape index (κ1) is 32.6. The summed E-state index contributed by atoms with van der Waals surface area (Å²) in [6.07, 6.45) is 5.96. The summed E-state index contributed by atoms with van der Waals surface area (Å²) in [7, 11) is -6.00. The molecule has 2 aromatic heterocycles. The average Bonchev–Trinajstić information content (AvgIpc) is 3.52. The van der Waals surface area contributed by atoms with Gasteiger partial charge in [0.25, 0.3) is 10.1 Å². The summed E-state index contributed by atoms with van der Waals surface area (Å²) in [5.74, 6) is 0.408. The number of aromatic nitrogens is 5. The third-order valence-corrected chi connectivity index (χ3v) is 13.7. The number of rotatable bonds is 13. The summed E-state index contributed by atoms with van der Waals surface area (Å²) >= 11 is 0. The van der Waals surface area contributed by atoms with Gasteiger partial charge in [-0.15, -0.1) is 0 Å². The molecular weight excluding hydrogens is 575 g/mol. The Balaban J connectivity index is 1.51. The summed E-state index contributed by atoms with van der Waals surface area (Å²) < 4.78 is 51.5. The molecule has 1 aliphatic rings. The Morgan fingerprint density at radius 1 is 1.14 bits per heavy atom. The third kappa shape index (κ3) is 8.19. The molecule has 3 heterocycles. The van der Waals surface area contributed by atoms with E-state index in [1.165, 1.54) is 0 Å². The highest BCUT2D eigenvalue weighted by molar-refractivity contribution is 7.85. The maximum Gasteiger partial charge on any atom is 0.265 e. The van der Waals surface area contributed by atoms with Crippen LogP contribution in [-0.4, -0.2) is 71.6 Å². The molecular formula is C29H47N5O6SSi. The molecule has 42 heavy (non-hydrogen) atoms. The van der Waals surface area contributed by atoms with Crippen molar-refractivity contribution in [1.82, 2.24) is 24.8 Å². The van der Waals surface area contributed by atoms with Crippen LogP contribution >= 0.6 is 0 Å². The largest absolute Gasteiger partial charge is 0.543 e. The van der Waals surface area contributed by atoms with Crippen molar-refractivity contribution in [3.63, 3.8) is 0 Å². The van der Waals surface area contributed by atoms with E-state index in [4.69, 9.17) is 28.6 Å². The van der Waals surface area contributed by atoms with Crippen LogP contribution in [0.2, 0.25) is 18.1 Å². The molecule has 1 fully saturated rings. The van der Waals surface area contributed by atoms with Crippen molar-refractivity contribution in [1.29, 1.82) is 0 Å². The van der Waals surface area contributed by atoms with E-state index in [1.807, 2.05) is 17.7 Å². The van der Waals surface area contributed by atoms with Crippen LogP contribution in [0.25, 0.3) is 22.3 Å². The fraction of sp³-hybridized carbons (Fsp3) is 0.690. The molecule has 3 unspecified atom stereocenters. The molecule has 1 N–H and O–H groups in total. The van der Waals surface area contributed by atoms with E-state index in [1.54, 1.807) is 17.9 Å². The number of ether oxygens (including phenoxy) is 2.